The van der Waals surface area contributed by atoms with Gasteiger partial charge in [-0.15, -0.1) is 0 Å². The lowest BCUT2D eigenvalue weighted by molar-refractivity contribution is 0.0844. The molecule has 5 nitrogen and oxygen atoms in total. The summed E-state index contributed by atoms with van der Waals surface area (Å²) in [5, 5.41) is 19.6. The summed E-state index contributed by atoms with van der Waals surface area (Å²) in [6, 6.07) is 9.59. The van der Waals surface area contributed by atoms with E-state index < -0.39 is 6.10 Å². The Morgan fingerprint density at radius 1 is 1.24 bits per heavy atom. The molecule has 0 amide bonds. The van der Waals surface area contributed by atoms with Gasteiger partial charge < -0.3 is 19.7 Å². The average Bonchev–Trinajstić information content (AvgIpc) is 2.54. The van der Waals surface area contributed by atoms with Crippen molar-refractivity contribution in [2.75, 3.05) is 6.61 Å². The number of aromatic hydroxyl groups is 2. The monoisotopic (exact) mass is 340 g/mol. The zero-order valence-corrected chi connectivity index (χ0v) is 14.2. The third-order valence-electron chi connectivity index (χ3n) is 3.98. The zero-order chi connectivity index (χ0) is 18.0. The fourth-order valence-electron chi connectivity index (χ4n) is 2.68. The molecule has 3 rings (SSSR count). The average molecular weight is 340 g/mol. The maximum absolute atomic E-state index is 12.4. The zero-order valence-electron chi connectivity index (χ0n) is 14.2. The third-order valence-corrected chi connectivity index (χ3v) is 3.98. The number of phenols is 2. The molecule has 1 heterocycles. The van der Waals surface area contributed by atoms with Crippen molar-refractivity contribution < 1.29 is 24.5 Å². The summed E-state index contributed by atoms with van der Waals surface area (Å²) in [6.07, 6.45) is 1.58. The minimum Gasteiger partial charge on any atom is -0.508 e. The predicted molar refractivity (Wildman–Crippen MR) is 93.5 cm³/mol. The van der Waals surface area contributed by atoms with E-state index >= 15 is 0 Å². The Balaban J connectivity index is 1.87. The van der Waals surface area contributed by atoms with Crippen LogP contribution in [0.15, 0.2) is 48.0 Å². The van der Waals surface area contributed by atoms with Crippen molar-refractivity contribution in [1.82, 2.24) is 0 Å². The van der Waals surface area contributed by atoms with Crippen LogP contribution in [0.25, 0.3) is 0 Å². The van der Waals surface area contributed by atoms with Crippen molar-refractivity contribution >= 4 is 5.78 Å². The van der Waals surface area contributed by atoms with Gasteiger partial charge in [-0.3, -0.25) is 4.79 Å². The maximum Gasteiger partial charge on any atom is 0.174 e. The van der Waals surface area contributed by atoms with Crippen LogP contribution < -0.4 is 9.47 Å². The number of Topliss-reactive ketones (excluding diaryl/α,β-unsaturated/α-hetero) is 1. The summed E-state index contributed by atoms with van der Waals surface area (Å²) >= 11 is 0. The summed E-state index contributed by atoms with van der Waals surface area (Å²) in [5.74, 6) is 0.569. The van der Waals surface area contributed by atoms with Crippen LogP contribution in [0.3, 0.4) is 0 Å². The number of hydrogen-bond donors (Lipinski definition) is 2. The second kappa shape index (κ2) is 6.89. The summed E-state index contributed by atoms with van der Waals surface area (Å²) in [4.78, 5) is 12.4. The number of allylic oxidation sites excluding steroid dienone is 1. The van der Waals surface area contributed by atoms with Crippen LogP contribution in [0.1, 0.15) is 42.3 Å². The molecule has 5 heteroatoms. The van der Waals surface area contributed by atoms with Gasteiger partial charge in [0.05, 0.1) is 6.42 Å². The summed E-state index contributed by atoms with van der Waals surface area (Å²) in [7, 11) is 0. The van der Waals surface area contributed by atoms with E-state index in [2.05, 4.69) is 0 Å². The number of carbonyl (C=O) groups excluding carboxylic acids is 1. The molecule has 130 valence electrons. The standard InChI is InChI=1S/C20H20O5/c1-12(2)7-8-24-15-9-16(22)20-17(23)11-18(25-19(20)10-15)13-3-5-14(21)6-4-13/h3-7,9-10,18,21-22H,8,11H2,1-2H3. The van der Waals surface area contributed by atoms with E-state index in [-0.39, 0.29) is 29.3 Å². The molecule has 0 saturated carbocycles. The Kier molecular flexibility index (Phi) is 4.65. The number of ether oxygens (including phenoxy) is 2. The number of fused-ring (bicyclic) bond motifs is 1. The Bertz CT molecular complexity index is 817. The molecule has 0 saturated heterocycles. The molecular weight excluding hydrogens is 320 g/mol. The minimum absolute atomic E-state index is 0.128. The first-order chi connectivity index (χ1) is 11.9. The highest BCUT2D eigenvalue weighted by molar-refractivity contribution is 6.02. The molecule has 2 aromatic rings. The van der Waals surface area contributed by atoms with Gasteiger partial charge in [0.1, 0.15) is 41.3 Å². The number of carbonyl (C=O) groups is 1. The molecule has 0 aliphatic carbocycles. The van der Waals surface area contributed by atoms with E-state index in [1.807, 2.05) is 19.9 Å². The molecule has 2 aromatic carbocycles. The highest BCUT2D eigenvalue weighted by Gasteiger charge is 2.30. The lowest BCUT2D eigenvalue weighted by atomic mass is 9.95. The van der Waals surface area contributed by atoms with Gasteiger partial charge in [0.15, 0.2) is 5.78 Å². The van der Waals surface area contributed by atoms with Crippen LogP contribution in [0.5, 0.6) is 23.0 Å². The number of hydrogen-bond acceptors (Lipinski definition) is 5. The van der Waals surface area contributed by atoms with E-state index in [0.29, 0.717) is 18.1 Å². The van der Waals surface area contributed by atoms with Crippen molar-refractivity contribution in [2.24, 2.45) is 0 Å². The second-order valence-electron chi connectivity index (χ2n) is 6.23. The third kappa shape index (κ3) is 3.76. The molecule has 1 atom stereocenters. The number of phenolic OH excluding ortho intramolecular Hbond substituents is 2. The van der Waals surface area contributed by atoms with Crippen LogP contribution in [-0.2, 0) is 0 Å². The largest absolute Gasteiger partial charge is 0.508 e. The fraction of sp³-hybridized carbons (Fsp3) is 0.250. The quantitative estimate of drug-likeness (QED) is 0.818. The first-order valence-corrected chi connectivity index (χ1v) is 8.06. The van der Waals surface area contributed by atoms with Gasteiger partial charge in [0.2, 0.25) is 0 Å². The maximum atomic E-state index is 12.4. The number of ketones is 1. The van der Waals surface area contributed by atoms with Gasteiger partial charge in [-0.1, -0.05) is 17.7 Å². The molecule has 0 fully saturated rings. The van der Waals surface area contributed by atoms with Gasteiger partial charge in [-0.25, -0.2) is 0 Å². The molecule has 0 spiro atoms. The second-order valence-corrected chi connectivity index (χ2v) is 6.23. The van der Waals surface area contributed by atoms with E-state index in [4.69, 9.17) is 9.47 Å². The van der Waals surface area contributed by atoms with E-state index in [0.717, 1.165) is 11.1 Å². The van der Waals surface area contributed by atoms with Gasteiger partial charge in [-0.05, 0) is 37.6 Å². The van der Waals surface area contributed by atoms with Gasteiger partial charge in [-0.2, -0.15) is 0 Å². The molecule has 0 bridgehead atoms. The van der Waals surface area contributed by atoms with Gasteiger partial charge in [0.25, 0.3) is 0 Å². The Hall–Kier alpha value is -2.95. The van der Waals surface area contributed by atoms with Gasteiger partial charge in [0, 0.05) is 12.1 Å². The predicted octanol–water partition coefficient (Wildman–Crippen LogP) is 4.15. The van der Waals surface area contributed by atoms with E-state index in [1.54, 1.807) is 30.3 Å². The van der Waals surface area contributed by atoms with Gasteiger partial charge >= 0.3 is 0 Å². The first-order valence-electron chi connectivity index (χ1n) is 8.06. The topological polar surface area (TPSA) is 76.0 Å². The van der Waals surface area contributed by atoms with Crippen molar-refractivity contribution in [2.45, 2.75) is 26.4 Å². The van der Waals surface area contributed by atoms with Crippen LogP contribution in [0, 0.1) is 0 Å². The number of benzene rings is 2. The van der Waals surface area contributed by atoms with Crippen molar-refractivity contribution in [3.8, 4) is 23.0 Å². The lowest BCUT2D eigenvalue weighted by Gasteiger charge is -2.26. The fourth-order valence-corrected chi connectivity index (χ4v) is 2.68. The molecular formula is C20H20O5. The molecule has 0 radical (unpaired) electrons. The summed E-state index contributed by atoms with van der Waals surface area (Å²) < 4.78 is 11.5. The minimum atomic E-state index is -0.465. The molecule has 1 aliphatic rings. The van der Waals surface area contributed by atoms with Crippen molar-refractivity contribution in [3.05, 3.63) is 59.2 Å². The lowest BCUT2D eigenvalue weighted by Crippen LogP contribution is -2.20. The number of rotatable bonds is 4. The van der Waals surface area contributed by atoms with Crippen LogP contribution in [0.2, 0.25) is 0 Å². The van der Waals surface area contributed by atoms with Crippen LogP contribution in [0.4, 0.5) is 0 Å². The van der Waals surface area contributed by atoms with Crippen molar-refractivity contribution in [3.63, 3.8) is 0 Å². The SMILES string of the molecule is CC(C)=CCOc1cc(O)c2c(c1)OC(c1ccc(O)cc1)CC2=O. The molecule has 2 N–H and O–H groups in total. The van der Waals surface area contributed by atoms with Crippen LogP contribution >= 0.6 is 0 Å². The summed E-state index contributed by atoms with van der Waals surface area (Å²) in [5.41, 5.74) is 2.10. The summed E-state index contributed by atoms with van der Waals surface area (Å²) in [6.45, 7) is 4.31. The molecule has 0 aromatic heterocycles. The highest BCUT2D eigenvalue weighted by atomic mass is 16.5. The Morgan fingerprint density at radius 3 is 2.64 bits per heavy atom. The van der Waals surface area contributed by atoms with E-state index in [9.17, 15) is 15.0 Å². The van der Waals surface area contributed by atoms with E-state index in [1.165, 1.54) is 6.07 Å². The molecule has 25 heavy (non-hydrogen) atoms. The van der Waals surface area contributed by atoms with Crippen LogP contribution in [-0.4, -0.2) is 22.6 Å². The first kappa shape index (κ1) is 16.9. The molecule has 1 unspecified atom stereocenters. The highest BCUT2D eigenvalue weighted by Crippen LogP contribution is 2.42. The van der Waals surface area contributed by atoms with Crippen molar-refractivity contribution in [1.29, 1.82) is 0 Å². The Morgan fingerprint density at radius 2 is 1.96 bits per heavy atom. The Labute approximate surface area is 146 Å². The smallest absolute Gasteiger partial charge is 0.174 e. The normalized spacial score (nSPS) is 15.9. The molecule has 1 aliphatic heterocycles.